The highest BCUT2D eigenvalue weighted by Crippen LogP contribution is 2.25. The van der Waals surface area contributed by atoms with Crippen molar-refractivity contribution in [3.05, 3.63) is 0 Å². The van der Waals surface area contributed by atoms with E-state index in [1.165, 1.54) is 31.7 Å². The van der Waals surface area contributed by atoms with Gasteiger partial charge in [-0.15, -0.1) is 0 Å². The highest BCUT2D eigenvalue weighted by Gasteiger charge is 2.25. The molecule has 0 aromatic heterocycles. The smallest absolute Gasteiger partial charge is 0.193 e. The highest BCUT2D eigenvalue weighted by molar-refractivity contribution is 8.00. The van der Waals surface area contributed by atoms with E-state index < -0.39 is 0 Å². The third kappa shape index (κ3) is 6.12. The Labute approximate surface area is 152 Å². The van der Waals surface area contributed by atoms with Crippen LogP contribution in [0, 0.1) is 11.8 Å². The molecule has 0 aromatic rings. The van der Waals surface area contributed by atoms with Crippen molar-refractivity contribution in [1.82, 2.24) is 15.1 Å². The van der Waals surface area contributed by atoms with Crippen molar-refractivity contribution >= 4 is 17.7 Å². The topological polar surface area (TPSA) is 40.1 Å². The molecule has 140 valence electrons. The highest BCUT2D eigenvalue weighted by atomic mass is 32.2. The number of hydrogen-bond acceptors (Lipinski definition) is 4. The summed E-state index contributed by atoms with van der Waals surface area (Å²) in [6.45, 7) is 12.3. The van der Waals surface area contributed by atoms with Crippen LogP contribution < -0.4 is 5.32 Å². The van der Waals surface area contributed by atoms with Crippen molar-refractivity contribution in [2.45, 2.75) is 31.9 Å². The first kappa shape index (κ1) is 19.9. The molecule has 2 heterocycles. The van der Waals surface area contributed by atoms with Gasteiger partial charge in [0, 0.05) is 51.3 Å². The van der Waals surface area contributed by atoms with Gasteiger partial charge in [-0.2, -0.15) is 11.8 Å². The third-order valence-electron chi connectivity index (χ3n) is 5.22. The number of rotatable bonds is 6. The summed E-state index contributed by atoms with van der Waals surface area (Å²) in [4.78, 5) is 9.51. The number of likely N-dealkylation sites (tertiary alicyclic amines) is 1. The third-order valence-corrected chi connectivity index (χ3v) is 6.76. The van der Waals surface area contributed by atoms with Crippen molar-refractivity contribution < 1.29 is 4.74 Å². The van der Waals surface area contributed by atoms with E-state index in [4.69, 9.17) is 4.74 Å². The van der Waals surface area contributed by atoms with Crippen molar-refractivity contribution in [3.63, 3.8) is 0 Å². The van der Waals surface area contributed by atoms with E-state index in [-0.39, 0.29) is 0 Å². The standard InChI is InChI=1S/C18H36N4OS/c1-15(2)17-14-22(10-12-24-17)18(19-3)20-13-16-5-7-21(8-6-16)9-11-23-4/h15-17H,5-14H2,1-4H3,(H,19,20). The number of thioether (sulfide) groups is 1. The molecule has 6 heteroatoms. The summed E-state index contributed by atoms with van der Waals surface area (Å²) >= 11 is 2.12. The second-order valence-electron chi connectivity index (χ2n) is 7.31. The molecular formula is C18H36N4OS. The maximum absolute atomic E-state index is 5.18. The lowest BCUT2D eigenvalue weighted by Crippen LogP contribution is -2.50. The molecule has 0 aromatic carbocycles. The SMILES string of the molecule is CN=C(NCC1CCN(CCOC)CC1)N1CCSC(C(C)C)C1. The number of nitrogens with one attached hydrogen (secondary N) is 1. The van der Waals surface area contributed by atoms with Crippen LogP contribution in [-0.2, 0) is 4.74 Å². The van der Waals surface area contributed by atoms with Crippen LogP contribution in [0.4, 0.5) is 0 Å². The molecule has 2 fully saturated rings. The molecule has 0 spiro atoms. The Morgan fingerprint density at radius 2 is 2.04 bits per heavy atom. The predicted molar refractivity (Wildman–Crippen MR) is 105 cm³/mol. The summed E-state index contributed by atoms with van der Waals surface area (Å²) in [5, 5.41) is 4.37. The number of hydrogen-bond donors (Lipinski definition) is 1. The van der Waals surface area contributed by atoms with Gasteiger partial charge in [-0.05, 0) is 37.8 Å². The molecule has 0 aliphatic carbocycles. The van der Waals surface area contributed by atoms with E-state index in [0.717, 1.165) is 55.8 Å². The summed E-state index contributed by atoms with van der Waals surface area (Å²) in [7, 11) is 3.70. The summed E-state index contributed by atoms with van der Waals surface area (Å²) in [6, 6.07) is 0. The van der Waals surface area contributed by atoms with Gasteiger partial charge < -0.3 is 19.9 Å². The minimum absolute atomic E-state index is 0.723. The van der Waals surface area contributed by atoms with Gasteiger partial charge in [0.15, 0.2) is 5.96 Å². The quantitative estimate of drug-likeness (QED) is 0.582. The Kier molecular flexibility index (Phi) is 8.70. The van der Waals surface area contributed by atoms with Crippen LogP contribution in [0.25, 0.3) is 0 Å². The number of nitrogens with zero attached hydrogens (tertiary/aromatic N) is 3. The van der Waals surface area contributed by atoms with Crippen LogP contribution in [0.5, 0.6) is 0 Å². The molecule has 1 atom stereocenters. The van der Waals surface area contributed by atoms with Gasteiger partial charge in [0.05, 0.1) is 6.61 Å². The first-order valence-corrected chi connectivity index (χ1v) is 10.5. The van der Waals surface area contributed by atoms with Crippen LogP contribution >= 0.6 is 11.8 Å². The number of ether oxygens (including phenoxy) is 1. The van der Waals surface area contributed by atoms with E-state index in [0.29, 0.717) is 0 Å². The van der Waals surface area contributed by atoms with Crippen LogP contribution in [0.1, 0.15) is 26.7 Å². The van der Waals surface area contributed by atoms with E-state index in [2.05, 4.69) is 45.7 Å². The first-order valence-electron chi connectivity index (χ1n) is 9.42. The number of piperidine rings is 1. The minimum Gasteiger partial charge on any atom is -0.383 e. The molecule has 1 unspecified atom stereocenters. The second-order valence-corrected chi connectivity index (χ2v) is 8.65. The average molecular weight is 357 g/mol. The normalized spacial score (nSPS) is 24.6. The van der Waals surface area contributed by atoms with Gasteiger partial charge in [0.2, 0.25) is 0 Å². The summed E-state index contributed by atoms with van der Waals surface area (Å²) < 4.78 is 5.18. The molecule has 0 amide bonds. The fourth-order valence-corrected chi connectivity index (χ4v) is 4.77. The van der Waals surface area contributed by atoms with Crippen LogP contribution in [-0.4, -0.2) is 86.8 Å². The second kappa shape index (κ2) is 10.5. The van der Waals surface area contributed by atoms with Crippen molar-refractivity contribution in [1.29, 1.82) is 0 Å². The van der Waals surface area contributed by atoms with Gasteiger partial charge in [-0.3, -0.25) is 4.99 Å². The van der Waals surface area contributed by atoms with Gasteiger partial charge in [0.25, 0.3) is 0 Å². The molecule has 0 saturated carbocycles. The molecule has 2 aliphatic heterocycles. The van der Waals surface area contributed by atoms with E-state index in [1.807, 2.05) is 7.05 Å². The monoisotopic (exact) mass is 356 g/mol. The van der Waals surface area contributed by atoms with Gasteiger partial charge in [0.1, 0.15) is 0 Å². The Hall–Kier alpha value is -0.460. The largest absolute Gasteiger partial charge is 0.383 e. The van der Waals surface area contributed by atoms with E-state index in [9.17, 15) is 0 Å². The van der Waals surface area contributed by atoms with E-state index >= 15 is 0 Å². The molecule has 2 rings (SSSR count). The zero-order chi connectivity index (χ0) is 17.4. The molecule has 5 nitrogen and oxygen atoms in total. The van der Waals surface area contributed by atoms with Crippen LogP contribution in [0.15, 0.2) is 4.99 Å². The van der Waals surface area contributed by atoms with Gasteiger partial charge in [-0.1, -0.05) is 13.8 Å². The number of guanidine groups is 1. The lowest BCUT2D eigenvalue weighted by molar-refractivity contribution is 0.120. The Balaban J connectivity index is 1.72. The zero-order valence-corrected chi connectivity index (χ0v) is 16.8. The van der Waals surface area contributed by atoms with Gasteiger partial charge >= 0.3 is 0 Å². The summed E-state index contributed by atoms with van der Waals surface area (Å²) in [6.07, 6.45) is 2.55. The van der Waals surface area contributed by atoms with Crippen molar-refractivity contribution in [3.8, 4) is 0 Å². The van der Waals surface area contributed by atoms with Crippen LogP contribution in [0.3, 0.4) is 0 Å². The molecule has 24 heavy (non-hydrogen) atoms. The molecule has 0 radical (unpaired) electrons. The number of methoxy groups -OCH3 is 1. The summed E-state index contributed by atoms with van der Waals surface area (Å²) in [5.41, 5.74) is 0. The fraction of sp³-hybridized carbons (Fsp3) is 0.944. The Bertz CT molecular complexity index is 383. The lowest BCUT2D eigenvalue weighted by atomic mass is 9.97. The fourth-order valence-electron chi connectivity index (χ4n) is 3.47. The Morgan fingerprint density at radius 1 is 1.29 bits per heavy atom. The molecule has 0 bridgehead atoms. The van der Waals surface area contributed by atoms with Crippen molar-refractivity contribution in [2.75, 3.05) is 65.8 Å². The zero-order valence-electron chi connectivity index (χ0n) is 16.0. The number of aliphatic imine (C=N–C) groups is 1. The van der Waals surface area contributed by atoms with Gasteiger partial charge in [-0.25, -0.2) is 0 Å². The minimum atomic E-state index is 0.723. The molecule has 2 aliphatic rings. The molecule has 1 N–H and O–H groups in total. The van der Waals surface area contributed by atoms with E-state index in [1.54, 1.807) is 7.11 Å². The maximum atomic E-state index is 5.18. The van der Waals surface area contributed by atoms with Crippen LogP contribution in [0.2, 0.25) is 0 Å². The summed E-state index contributed by atoms with van der Waals surface area (Å²) in [5.74, 6) is 3.80. The average Bonchev–Trinajstić information content (AvgIpc) is 2.61. The van der Waals surface area contributed by atoms with Crippen molar-refractivity contribution in [2.24, 2.45) is 16.8 Å². The predicted octanol–water partition coefficient (Wildman–Crippen LogP) is 1.99. The molecule has 2 saturated heterocycles. The Morgan fingerprint density at radius 3 is 2.67 bits per heavy atom. The lowest BCUT2D eigenvalue weighted by Gasteiger charge is -2.37. The maximum Gasteiger partial charge on any atom is 0.193 e. The molecular weight excluding hydrogens is 320 g/mol. The first-order chi connectivity index (χ1) is 11.6.